The van der Waals surface area contributed by atoms with Crippen molar-refractivity contribution in [3.63, 3.8) is 0 Å². The van der Waals surface area contributed by atoms with Gasteiger partial charge < -0.3 is 14.6 Å². The van der Waals surface area contributed by atoms with E-state index in [4.69, 9.17) is 4.74 Å². The fraction of sp³-hybridized carbons (Fsp3) is 0.400. The number of ether oxygens (including phenoxy) is 1. The van der Waals surface area contributed by atoms with E-state index in [0.717, 1.165) is 30.9 Å². The highest BCUT2D eigenvalue weighted by Crippen LogP contribution is 2.18. The van der Waals surface area contributed by atoms with Gasteiger partial charge in [0, 0.05) is 24.5 Å². The first-order chi connectivity index (χ1) is 9.33. The van der Waals surface area contributed by atoms with Crippen molar-refractivity contribution in [2.45, 2.75) is 33.4 Å². The van der Waals surface area contributed by atoms with Gasteiger partial charge in [0.1, 0.15) is 5.75 Å². The van der Waals surface area contributed by atoms with Crippen LogP contribution in [0.3, 0.4) is 0 Å². The maximum absolute atomic E-state index is 5.49. The van der Waals surface area contributed by atoms with E-state index in [1.165, 1.54) is 5.69 Å². The number of nitrogens with zero attached hydrogens (tertiary/aromatic N) is 2. The van der Waals surface area contributed by atoms with E-state index >= 15 is 0 Å². The minimum absolute atomic E-state index is 0.687. The largest absolute Gasteiger partial charge is 0.494 e. The molecule has 0 unspecified atom stereocenters. The van der Waals surface area contributed by atoms with Gasteiger partial charge in [-0.1, -0.05) is 13.0 Å². The van der Waals surface area contributed by atoms with E-state index in [1.54, 1.807) is 0 Å². The average Bonchev–Trinajstić information content (AvgIpc) is 2.85. The van der Waals surface area contributed by atoms with Crippen LogP contribution in [0.4, 0.5) is 5.69 Å². The quantitative estimate of drug-likeness (QED) is 0.829. The first-order valence-corrected chi connectivity index (χ1v) is 6.79. The zero-order valence-electron chi connectivity index (χ0n) is 11.6. The molecule has 0 radical (unpaired) electrons. The molecule has 4 nitrogen and oxygen atoms in total. The summed E-state index contributed by atoms with van der Waals surface area (Å²) in [7, 11) is 0. The van der Waals surface area contributed by atoms with Crippen molar-refractivity contribution in [1.29, 1.82) is 0 Å². The molecule has 0 saturated carbocycles. The molecule has 19 heavy (non-hydrogen) atoms. The second kappa shape index (κ2) is 6.83. The molecule has 0 bridgehead atoms. The Morgan fingerprint density at radius 1 is 1.32 bits per heavy atom. The molecule has 0 aliphatic heterocycles. The third-order valence-corrected chi connectivity index (χ3v) is 2.88. The molecule has 2 aromatic rings. The highest BCUT2D eigenvalue weighted by Gasteiger charge is 2.01. The van der Waals surface area contributed by atoms with Crippen molar-refractivity contribution in [3.8, 4) is 5.75 Å². The average molecular weight is 259 g/mol. The molecule has 1 heterocycles. The van der Waals surface area contributed by atoms with Gasteiger partial charge in [-0.3, -0.25) is 0 Å². The summed E-state index contributed by atoms with van der Waals surface area (Å²) in [6.45, 7) is 6.63. The lowest BCUT2D eigenvalue weighted by Gasteiger charge is -2.10. The fourth-order valence-corrected chi connectivity index (χ4v) is 1.99. The van der Waals surface area contributed by atoms with Crippen LogP contribution >= 0.6 is 0 Å². The van der Waals surface area contributed by atoms with Gasteiger partial charge in [0.2, 0.25) is 0 Å². The number of anilines is 1. The first-order valence-electron chi connectivity index (χ1n) is 6.79. The lowest BCUT2D eigenvalue weighted by molar-refractivity contribution is 0.340. The van der Waals surface area contributed by atoms with Gasteiger partial charge in [-0.25, -0.2) is 4.98 Å². The summed E-state index contributed by atoms with van der Waals surface area (Å²) < 4.78 is 7.67. The van der Waals surface area contributed by atoms with Gasteiger partial charge >= 0.3 is 0 Å². The number of hydrogen-bond donors (Lipinski definition) is 1. The molecule has 0 atom stereocenters. The number of aryl methyl sites for hydroxylation is 1. The van der Waals surface area contributed by atoms with E-state index in [9.17, 15) is 0 Å². The second-order valence-electron chi connectivity index (χ2n) is 4.39. The van der Waals surface area contributed by atoms with Crippen molar-refractivity contribution in [2.75, 3.05) is 11.9 Å². The van der Waals surface area contributed by atoms with Crippen LogP contribution in [-0.4, -0.2) is 16.2 Å². The molecular weight excluding hydrogens is 238 g/mol. The summed E-state index contributed by atoms with van der Waals surface area (Å²) >= 11 is 0. The smallest absolute Gasteiger partial charge is 0.121 e. The molecule has 0 amide bonds. The first kappa shape index (κ1) is 13.5. The molecule has 4 heteroatoms. The van der Waals surface area contributed by atoms with Gasteiger partial charge in [-0.15, -0.1) is 0 Å². The molecule has 0 aliphatic rings. The summed E-state index contributed by atoms with van der Waals surface area (Å²) in [5.41, 5.74) is 2.26. The monoisotopic (exact) mass is 259 g/mol. The van der Waals surface area contributed by atoms with Gasteiger partial charge in [0.05, 0.1) is 25.2 Å². The maximum Gasteiger partial charge on any atom is 0.121 e. The van der Waals surface area contributed by atoms with E-state index in [1.807, 2.05) is 43.7 Å². The Hall–Kier alpha value is -1.97. The highest BCUT2D eigenvalue weighted by molar-refractivity contribution is 5.48. The van der Waals surface area contributed by atoms with Gasteiger partial charge in [-0.2, -0.15) is 0 Å². The van der Waals surface area contributed by atoms with Gasteiger partial charge in [0.15, 0.2) is 0 Å². The van der Waals surface area contributed by atoms with Crippen LogP contribution in [0.5, 0.6) is 5.75 Å². The Morgan fingerprint density at radius 2 is 2.21 bits per heavy atom. The molecule has 1 aromatic carbocycles. The molecular formula is C15H21N3O. The number of nitrogens with one attached hydrogen (secondary N) is 1. The van der Waals surface area contributed by atoms with Crippen molar-refractivity contribution < 1.29 is 4.74 Å². The van der Waals surface area contributed by atoms with E-state index in [2.05, 4.69) is 21.8 Å². The van der Waals surface area contributed by atoms with Crippen LogP contribution in [0.25, 0.3) is 0 Å². The number of hydrogen-bond acceptors (Lipinski definition) is 3. The van der Waals surface area contributed by atoms with Gasteiger partial charge in [-0.05, 0) is 25.5 Å². The second-order valence-corrected chi connectivity index (χ2v) is 4.39. The maximum atomic E-state index is 5.49. The van der Waals surface area contributed by atoms with Crippen molar-refractivity contribution >= 4 is 5.69 Å². The zero-order valence-corrected chi connectivity index (χ0v) is 11.6. The number of aromatic nitrogens is 2. The molecule has 1 N–H and O–H groups in total. The van der Waals surface area contributed by atoms with Gasteiger partial charge in [0.25, 0.3) is 0 Å². The number of rotatable bonds is 7. The van der Waals surface area contributed by atoms with Crippen molar-refractivity contribution in [3.05, 3.63) is 42.5 Å². The number of imidazole rings is 1. The lowest BCUT2D eigenvalue weighted by atomic mass is 10.3. The zero-order chi connectivity index (χ0) is 13.5. The molecule has 102 valence electrons. The van der Waals surface area contributed by atoms with Crippen LogP contribution < -0.4 is 10.1 Å². The van der Waals surface area contributed by atoms with Crippen LogP contribution in [0, 0.1) is 0 Å². The molecule has 1 aromatic heterocycles. The van der Waals surface area contributed by atoms with E-state index in [-0.39, 0.29) is 0 Å². The highest BCUT2D eigenvalue weighted by atomic mass is 16.5. The fourth-order valence-electron chi connectivity index (χ4n) is 1.99. The molecule has 0 fully saturated rings. The predicted octanol–water partition coefficient (Wildman–Crippen LogP) is 3.30. The summed E-state index contributed by atoms with van der Waals surface area (Å²) in [4.78, 5) is 4.20. The van der Waals surface area contributed by atoms with Crippen LogP contribution in [0.1, 0.15) is 26.0 Å². The third kappa shape index (κ3) is 3.74. The van der Waals surface area contributed by atoms with Crippen LogP contribution in [0.15, 0.2) is 36.8 Å². The Morgan fingerprint density at radius 3 is 3.00 bits per heavy atom. The summed E-state index contributed by atoms with van der Waals surface area (Å²) in [6.07, 6.45) is 4.91. The lowest BCUT2D eigenvalue weighted by Crippen LogP contribution is -2.07. The molecule has 0 saturated heterocycles. The SMILES string of the molecule is CCCn1cncc1CNc1cccc(OCC)c1. The minimum atomic E-state index is 0.687. The Bertz CT molecular complexity index is 508. The topological polar surface area (TPSA) is 39.1 Å². The molecule has 2 rings (SSSR count). The third-order valence-electron chi connectivity index (χ3n) is 2.88. The Kier molecular flexibility index (Phi) is 4.84. The van der Waals surface area contributed by atoms with E-state index in [0.29, 0.717) is 6.61 Å². The summed E-state index contributed by atoms with van der Waals surface area (Å²) in [5.74, 6) is 0.898. The van der Waals surface area contributed by atoms with E-state index < -0.39 is 0 Å². The predicted molar refractivity (Wildman–Crippen MR) is 77.5 cm³/mol. The normalized spacial score (nSPS) is 10.4. The standard InChI is InChI=1S/C15H21N3O/c1-3-8-18-12-16-10-14(18)11-17-13-6-5-7-15(9-13)19-4-2/h5-7,9-10,12,17H,3-4,8,11H2,1-2H3. The number of benzene rings is 1. The van der Waals surface area contributed by atoms with Crippen molar-refractivity contribution in [1.82, 2.24) is 9.55 Å². The Labute approximate surface area is 114 Å². The molecule has 0 aliphatic carbocycles. The Balaban J connectivity index is 1.97. The molecule has 0 spiro atoms. The van der Waals surface area contributed by atoms with Crippen molar-refractivity contribution in [2.24, 2.45) is 0 Å². The minimum Gasteiger partial charge on any atom is -0.494 e. The van der Waals surface area contributed by atoms with Crippen LogP contribution in [0.2, 0.25) is 0 Å². The summed E-state index contributed by atoms with van der Waals surface area (Å²) in [5, 5.41) is 3.40. The summed E-state index contributed by atoms with van der Waals surface area (Å²) in [6, 6.07) is 8.03. The van der Waals surface area contributed by atoms with Crippen LogP contribution in [-0.2, 0) is 13.1 Å².